The van der Waals surface area contributed by atoms with Crippen LogP contribution in [0.15, 0.2) is 35.5 Å². The first-order chi connectivity index (χ1) is 15.5. The van der Waals surface area contributed by atoms with Gasteiger partial charge in [0.05, 0.1) is 7.11 Å². The number of methoxy groups -OCH3 is 1. The predicted octanol–water partition coefficient (Wildman–Crippen LogP) is 2.05. The molecule has 3 amide bonds. The largest absolute Gasteiger partial charge is 0.497 e. The Bertz CT molecular complexity index is 1100. The van der Waals surface area contributed by atoms with E-state index in [-0.39, 0.29) is 11.9 Å². The molecule has 5 rings (SSSR count). The van der Waals surface area contributed by atoms with Crippen LogP contribution in [0.3, 0.4) is 0 Å². The lowest BCUT2D eigenvalue weighted by Crippen LogP contribution is -2.63. The number of ether oxygens (including phenoxy) is 1. The first kappa shape index (κ1) is 20.7. The number of aryl methyl sites for hydroxylation is 1. The zero-order chi connectivity index (χ0) is 22.4. The number of amides is 3. The second-order valence-electron chi connectivity index (χ2n) is 8.62. The van der Waals surface area contributed by atoms with Gasteiger partial charge in [0.1, 0.15) is 23.3 Å². The fraction of sp³-hybridized carbons (Fsp3) is 0.478. The van der Waals surface area contributed by atoms with Gasteiger partial charge in [-0.3, -0.25) is 14.6 Å². The van der Waals surface area contributed by atoms with E-state index in [0.717, 1.165) is 30.2 Å². The summed E-state index contributed by atoms with van der Waals surface area (Å²) in [5, 5.41) is 0. The van der Waals surface area contributed by atoms with E-state index in [4.69, 9.17) is 9.73 Å². The predicted molar refractivity (Wildman–Crippen MR) is 119 cm³/mol. The van der Waals surface area contributed by atoms with Crippen molar-refractivity contribution in [2.45, 2.75) is 32.2 Å². The number of hydrogen-bond donors (Lipinski definition) is 0. The van der Waals surface area contributed by atoms with Crippen LogP contribution in [-0.4, -0.2) is 77.4 Å². The van der Waals surface area contributed by atoms with Crippen molar-refractivity contribution in [3.8, 4) is 11.4 Å². The standard InChI is InChI=1S/C23H29N6O3/c1-16-15-28-19-20(24-22(28)29(16)17-8-7-9-18(14-17)32-3)25(2)23(31)27(21(19)30)13-12-26-10-5-4-6-11-26/h7-9,14-15,19H,4-6,10-13H2,1-3H3/q+1. The molecule has 1 aromatic heterocycles. The quantitative estimate of drug-likeness (QED) is 0.671. The van der Waals surface area contributed by atoms with Crippen LogP contribution < -0.4 is 9.30 Å². The maximum atomic E-state index is 13.5. The topological polar surface area (TPSA) is 74.3 Å². The molecule has 0 radical (unpaired) electrons. The second-order valence-corrected chi connectivity index (χ2v) is 8.62. The zero-order valence-electron chi connectivity index (χ0n) is 18.8. The number of amidine groups is 1. The van der Waals surface area contributed by atoms with Gasteiger partial charge in [-0.2, -0.15) is 4.57 Å². The van der Waals surface area contributed by atoms with Crippen molar-refractivity contribution in [2.75, 3.05) is 40.3 Å². The first-order valence-electron chi connectivity index (χ1n) is 11.2. The third-order valence-corrected chi connectivity index (χ3v) is 6.61. The molecule has 0 saturated carbocycles. The van der Waals surface area contributed by atoms with Crippen molar-refractivity contribution in [3.63, 3.8) is 0 Å². The summed E-state index contributed by atoms with van der Waals surface area (Å²) in [4.78, 5) is 36.5. The Hall–Kier alpha value is -3.20. The number of rotatable bonds is 5. The molecule has 2 aromatic rings. The Labute approximate surface area is 187 Å². The molecule has 32 heavy (non-hydrogen) atoms. The molecule has 0 aliphatic carbocycles. The van der Waals surface area contributed by atoms with Crippen LogP contribution in [0.5, 0.6) is 5.75 Å². The Kier molecular flexibility index (Phi) is 5.21. The number of carbonyl (C=O) groups is 2. The van der Waals surface area contributed by atoms with Gasteiger partial charge in [0.2, 0.25) is 11.9 Å². The average molecular weight is 438 g/mol. The van der Waals surface area contributed by atoms with E-state index in [2.05, 4.69) is 4.90 Å². The summed E-state index contributed by atoms with van der Waals surface area (Å²) in [7, 11) is 3.33. The minimum atomic E-state index is -0.625. The summed E-state index contributed by atoms with van der Waals surface area (Å²) in [6.45, 7) is 5.16. The van der Waals surface area contributed by atoms with Gasteiger partial charge < -0.3 is 9.64 Å². The number of imide groups is 1. The Morgan fingerprint density at radius 2 is 1.94 bits per heavy atom. The fourth-order valence-electron chi connectivity index (χ4n) is 4.88. The molecule has 4 heterocycles. The van der Waals surface area contributed by atoms with E-state index >= 15 is 0 Å². The van der Waals surface area contributed by atoms with Gasteiger partial charge in [0.15, 0.2) is 0 Å². The van der Waals surface area contributed by atoms with Crippen molar-refractivity contribution < 1.29 is 18.9 Å². The van der Waals surface area contributed by atoms with Gasteiger partial charge in [-0.25, -0.2) is 9.36 Å². The lowest BCUT2D eigenvalue weighted by Gasteiger charge is -2.35. The maximum absolute atomic E-state index is 13.5. The Morgan fingerprint density at radius 1 is 1.16 bits per heavy atom. The van der Waals surface area contributed by atoms with E-state index in [0.29, 0.717) is 24.9 Å². The van der Waals surface area contributed by atoms with Crippen LogP contribution in [0.1, 0.15) is 31.0 Å². The molecule has 0 bridgehead atoms. The molecular weight excluding hydrogens is 408 g/mol. The smallest absolute Gasteiger partial charge is 0.406 e. The highest BCUT2D eigenvalue weighted by Gasteiger charge is 2.53. The lowest BCUT2D eigenvalue weighted by molar-refractivity contribution is -0.676. The number of fused-ring (bicyclic) bond motifs is 3. The van der Waals surface area contributed by atoms with E-state index in [1.54, 1.807) is 14.2 Å². The van der Waals surface area contributed by atoms with Crippen LogP contribution in [0.2, 0.25) is 0 Å². The van der Waals surface area contributed by atoms with Crippen LogP contribution in [-0.2, 0) is 4.79 Å². The summed E-state index contributed by atoms with van der Waals surface area (Å²) < 4.78 is 9.23. The molecule has 3 aliphatic heterocycles. The van der Waals surface area contributed by atoms with Crippen LogP contribution in [0, 0.1) is 6.92 Å². The summed E-state index contributed by atoms with van der Waals surface area (Å²) in [6, 6.07) is 6.77. The number of likely N-dealkylation sites (tertiary alicyclic amines) is 1. The molecule has 0 spiro atoms. The van der Waals surface area contributed by atoms with Gasteiger partial charge in [0.25, 0.3) is 5.91 Å². The molecule has 9 heteroatoms. The molecule has 168 valence electrons. The minimum Gasteiger partial charge on any atom is -0.497 e. The number of aliphatic imine (C=N–C) groups is 1. The summed E-state index contributed by atoms with van der Waals surface area (Å²) in [5.41, 5.74) is 1.84. The van der Waals surface area contributed by atoms with Crippen LogP contribution in [0.25, 0.3) is 5.69 Å². The SMILES string of the molecule is COc1cccc(-n2c(C)c[n+]3c2N=C2C3C(=O)N(CCN3CCCCC3)C(=O)N2C)c1. The molecule has 2 saturated heterocycles. The van der Waals surface area contributed by atoms with Crippen molar-refractivity contribution in [1.29, 1.82) is 0 Å². The van der Waals surface area contributed by atoms with Crippen molar-refractivity contribution in [2.24, 2.45) is 4.99 Å². The number of aromatic nitrogens is 2. The number of urea groups is 1. The molecule has 0 N–H and O–H groups in total. The molecule has 1 atom stereocenters. The van der Waals surface area contributed by atoms with Gasteiger partial charge in [0, 0.05) is 26.2 Å². The monoisotopic (exact) mass is 437 g/mol. The Morgan fingerprint density at radius 3 is 2.69 bits per heavy atom. The number of carbonyl (C=O) groups excluding carboxylic acids is 2. The van der Waals surface area contributed by atoms with Crippen molar-refractivity contribution >= 4 is 23.7 Å². The summed E-state index contributed by atoms with van der Waals surface area (Å²) >= 11 is 0. The first-order valence-corrected chi connectivity index (χ1v) is 11.2. The van der Waals surface area contributed by atoms with E-state index in [1.807, 2.05) is 46.5 Å². The summed E-state index contributed by atoms with van der Waals surface area (Å²) in [6.07, 6.45) is 5.54. The van der Waals surface area contributed by atoms with Gasteiger partial charge in [-0.1, -0.05) is 17.5 Å². The molecule has 2 fully saturated rings. The average Bonchev–Trinajstić information content (AvgIpc) is 3.32. The van der Waals surface area contributed by atoms with Crippen molar-refractivity contribution in [3.05, 3.63) is 36.2 Å². The van der Waals surface area contributed by atoms with Gasteiger partial charge in [-0.05, 0) is 45.0 Å². The maximum Gasteiger partial charge on any atom is 0.406 e. The number of hydrogen-bond acceptors (Lipinski definition) is 5. The highest BCUT2D eigenvalue weighted by Crippen LogP contribution is 2.32. The number of piperidine rings is 1. The normalized spacial score (nSPS) is 21.0. The third kappa shape index (κ3) is 3.28. The molecule has 1 aromatic carbocycles. The molecular formula is C23H29N6O3+. The van der Waals surface area contributed by atoms with E-state index in [9.17, 15) is 9.59 Å². The third-order valence-electron chi connectivity index (χ3n) is 6.61. The zero-order valence-corrected chi connectivity index (χ0v) is 18.8. The van der Waals surface area contributed by atoms with E-state index < -0.39 is 6.04 Å². The Balaban J connectivity index is 1.47. The molecule has 1 unspecified atom stereocenters. The van der Waals surface area contributed by atoms with Gasteiger partial charge in [-0.15, -0.1) is 0 Å². The highest BCUT2D eigenvalue weighted by atomic mass is 16.5. The second kappa shape index (κ2) is 8.05. The lowest BCUT2D eigenvalue weighted by atomic mass is 10.1. The van der Waals surface area contributed by atoms with Crippen LogP contribution >= 0.6 is 0 Å². The number of benzene rings is 1. The highest BCUT2D eigenvalue weighted by molar-refractivity contribution is 6.19. The molecule has 9 nitrogen and oxygen atoms in total. The number of likely N-dealkylation sites (N-methyl/N-ethyl adjacent to an activating group) is 1. The molecule has 3 aliphatic rings. The minimum absolute atomic E-state index is 0.213. The van der Waals surface area contributed by atoms with E-state index in [1.165, 1.54) is 29.1 Å². The van der Waals surface area contributed by atoms with Gasteiger partial charge >= 0.3 is 12.0 Å². The van der Waals surface area contributed by atoms with Crippen molar-refractivity contribution in [1.82, 2.24) is 19.3 Å². The number of nitrogens with zero attached hydrogens (tertiary/aromatic N) is 6. The summed E-state index contributed by atoms with van der Waals surface area (Å²) in [5.74, 6) is 1.63. The number of imidazole rings is 1. The fourth-order valence-corrected chi connectivity index (χ4v) is 4.88. The van der Waals surface area contributed by atoms with Crippen LogP contribution in [0.4, 0.5) is 10.7 Å².